The number of carbonyl (C=O) groups excluding carboxylic acids is 1. The van der Waals surface area contributed by atoms with Crippen molar-refractivity contribution in [2.24, 2.45) is 0 Å². The number of nitrogens with one attached hydrogen (secondary N) is 1. The van der Waals surface area contributed by atoms with Crippen molar-refractivity contribution in [3.8, 4) is 0 Å². The van der Waals surface area contributed by atoms with Crippen LogP contribution in [0.15, 0.2) is 30.3 Å². The molecule has 0 saturated carbocycles. The quantitative estimate of drug-likeness (QED) is 0.909. The van der Waals surface area contributed by atoms with Crippen LogP contribution in [0.5, 0.6) is 0 Å². The second kappa shape index (κ2) is 7.88. The van der Waals surface area contributed by atoms with Gasteiger partial charge in [-0.05, 0) is 18.5 Å². The third-order valence-corrected chi connectivity index (χ3v) is 4.47. The van der Waals surface area contributed by atoms with Crippen molar-refractivity contribution < 1.29 is 18.0 Å². The van der Waals surface area contributed by atoms with Gasteiger partial charge in [0, 0.05) is 25.7 Å². The molecule has 1 aromatic carbocycles. The number of likely N-dealkylation sites (N-methyl/N-ethyl adjacent to an activating group) is 1. The van der Waals surface area contributed by atoms with Gasteiger partial charge in [0.15, 0.2) is 6.04 Å². The topological polar surface area (TPSA) is 35.6 Å². The van der Waals surface area contributed by atoms with Crippen LogP contribution in [0.4, 0.5) is 18.0 Å². The molecule has 7 heteroatoms. The standard InChI is InChI=1S/C17H24F3N3O/c1-3-14-12-22(4-2)10-11-23(14)16(24)21-15(17(18,19)20)13-8-6-5-7-9-13/h5-9,14-15H,3-4,10-12H2,1-2H3,(H,21,24). The lowest BCUT2D eigenvalue weighted by Crippen LogP contribution is -2.58. The van der Waals surface area contributed by atoms with Gasteiger partial charge in [-0.2, -0.15) is 13.2 Å². The fraction of sp³-hybridized carbons (Fsp3) is 0.588. The van der Waals surface area contributed by atoms with Gasteiger partial charge in [0.2, 0.25) is 0 Å². The highest BCUT2D eigenvalue weighted by Crippen LogP contribution is 2.32. The van der Waals surface area contributed by atoms with Gasteiger partial charge in [-0.3, -0.25) is 4.90 Å². The first-order valence-corrected chi connectivity index (χ1v) is 8.28. The molecule has 1 fully saturated rings. The Bertz CT molecular complexity index is 536. The van der Waals surface area contributed by atoms with E-state index in [0.717, 1.165) is 6.54 Å². The van der Waals surface area contributed by atoms with Gasteiger partial charge in [-0.25, -0.2) is 4.79 Å². The fourth-order valence-corrected chi connectivity index (χ4v) is 3.03. The van der Waals surface area contributed by atoms with Crippen LogP contribution in [0.25, 0.3) is 0 Å². The Morgan fingerprint density at radius 1 is 1.25 bits per heavy atom. The Balaban J connectivity index is 2.13. The number of piperazine rings is 1. The molecule has 0 spiro atoms. The SMILES string of the molecule is CCC1CN(CC)CCN1C(=O)NC(c1ccccc1)C(F)(F)F. The van der Waals surface area contributed by atoms with E-state index >= 15 is 0 Å². The minimum Gasteiger partial charge on any atom is -0.322 e. The number of nitrogens with zero attached hydrogens (tertiary/aromatic N) is 2. The fourth-order valence-electron chi connectivity index (χ4n) is 3.03. The predicted octanol–water partition coefficient (Wildman–Crippen LogP) is 3.42. The maximum absolute atomic E-state index is 13.4. The summed E-state index contributed by atoms with van der Waals surface area (Å²) in [6, 6.07) is 4.77. The van der Waals surface area contributed by atoms with Gasteiger partial charge in [0.25, 0.3) is 0 Å². The van der Waals surface area contributed by atoms with Crippen LogP contribution in [-0.2, 0) is 0 Å². The van der Waals surface area contributed by atoms with Gasteiger partial charge in [0.05, 0.1) is 0 Å². The van der Waals surface area contributed by atoms with E-state index in [1.165, 1.54) is 29.2 Å². The lowest BCUT2D eigenvalue weighted by Gasteiger charge is -2.41. The van der Waals surface area contributed by atoms with Crippen molar-refractivity contribution in [3.05, 3.63) is 35.9 Å². The number of alkyl halides is 3. The predicted molar refractivity (Wildman–Crippen MR) is 86.7 cm³/mol. The Morgan fingerprint density at radius 3 is 2.46 bits per heavy atom. The Morgan fingerprint density at radius 2 is 1.92 bits per heavy atom. The molecule has 1 aliphatic rings. The molecule has 1 saturated heterocycles. The number of hydrogen-bond acceptors (Lipinski definition) is 2. The second-order valence-corrected chi connectivity index (χ2v) is 5.98. The Labute approximate surface area is 140 Å². The normalized spacial score (nSPS) is 20.7. The zero-order chi connectivity index (χ0) is 17.7. The van der Waals surface area contributed by atoms with E-state index in [4.69, 9.17) is 0 Å². The number of carbonyl (C=O) groups is 1. The molecule has 1 aromatic rings. The molecule has 2 amide bonds. The molecule has 0 aliphatic carbocycles. The summed E-state index contributed by atoms with van der Waals surface area (Å²) in [5.74, 6) is 0. The monoisotopic (exact) mass is 343 g/mol. The molecule has 1 aliphatic heterocycles. The third kappa shape index (κ3) is 4.41. The molecule has 0 bridgehead atoms. The largest absolute Gasteiger partial charge is 0.412 e. The summed E-state index contributed by atoms with van der Waals surface area (Å²) in [5, 5.41) is 2.18. The molecule has 2 unspecified atom stereocenters. The van der Waals surface area contributed by atoms with E-state index in [1.807, 2.05) is 13.8 Å². The van der Waals surface area contributed by atoms with Gasteiger partial charge in [-0.15, -0.1) is 0 Å². The van der Waals surface area contributed by atoms with E-state index < -0.39 is 18.2 Å². The van der Waals surface area contributed by atoms with Crippen LogP contribution in [0.3, 0.4) is 0 Å². The van der Waals surface area contributed by atoms with Crippen molar-refractivity contribution in [3.63, 3.8) is 0 Å². The molecule has 1 N–H and O–H groups in total. The number of hydrogen-bond donors (Lipinski definition) is 1. The molecular formula is C17H24F3N3O. The maximum atomic E-state index is 13.4. The number of amides is 2. The van der Waals surface area contributed by atoms with Gasteiger partial charge in [-0.1, -0.05) is 44.2 Å². The minimum atomic E-state index is -4.54. The average Bonchev–Trinajstić information content (AvgIpc) is 2.58. The van der Waals surface area contributed by atoms with Gasteiger partial charge in [0.1, 0.15) is 0 Å². The molecular weight excluding hydrogens is 319 g/mol. The number of urea groups is 1. The number of rotatable bonds is 4. The van der Waals surface area contributed by atoms with Crippen molar-refractivity contribution in [1.29, 1.82) is 0 Å². The lowest BCUT2D eigenvalue weighted by molar-refractivity contribution is -0.155. The summed E-state index contributed by atoms with van der Waals surface area (Å²) in [6.07, 6.45) is -3.82. The lowest BCUT2D eigenvalue weighted by atomic mass is 10.1. The summed E-state index contributed by atoms with van der Waals surface area (Å²) < 4.78 is 40.2. The third-order valence-electron chi connectivity index (χ3n) is 4.47. The first kappa shape index (κ1) is 18.6. The first-order chi connectivity index (χ1) is 11.4. The summed E-state index contributed by atoms with van der Waals surface area (Å²) >= 11 is 0. The van der Waals surface area contributed by atoms with Crippen molar-refractivity contribution in [1.82, 2.24) is 15.1 Å². The Kier molecular flexibility index (Phi) is 6.10. The summed E-state index contributed by atoms with van der Waals surface area (Å²) in [5.41, 5.74) is 0.0404. The van der Waals surface area contributed by atoms with Crippen LogP contribution in [0.2, 0.25) is 0 Å². The van der Waals surface area contributed by atoms with Crippen LogP contribution in [0.1, 0.15) is 31.9 Å². The van der Waals surface area contributed by atoms with E-state index in [-0.39, 0.29) is 11.6 Å². The van der Waals surface area contributed by atoms with Crippen LogP contribution >= 0.6 is 0 Å². The summed E-state index contributed by atoms with van der Waals surface area (Å²) in [6.45, 7) is 6.68. The zero-order valence-electron chi connectivity index (χ0n) is 14.0. The van der Waals surface area contributed by atoms with Gasteiger partial charge >= 0.3 is 12.2 Å². The first-order valence-electron chi connectivity index (χ1n) is 8.28. The highest BCUT2D eigenvalue weighted by molar-refractivity contribution is 5.75. The van der Waals surface area contributed by atoms with Gasteiger partial charge < -0.3 is 10.2 Å². The van der Waals surface area contributed by atoms with Crippen LogP contribution in [0, 0.1) is 0 Å². The molecule has 2 atom stereocenters. The molecule has 1 heterocycles. The molecule has 0 radical (unpaired) electrons. The van der Waals surface area contributed by atoms with E-state index in [9.17, 15) is 18.0 Å². The summed E-state index contributed by atoms with van der Waals surface area (Å²) in [4.78, 5) is 16.2. The average molecular weight is 343 g/mol. The van der Waals surface area contributed by atoms with Crippen LogP contribution < -0.4 is 5.32 Å². The maximum Gasteiger partial charge on any atom is 0.412 e. The van der Waals surface area contributed by atoms with E-state index in [2.05, 4.69) is 10.2 Å². The van der Waals surface area contributed by atoms with Crippen molar-refractivity contribution >= 4 is 6.03 Å². The molecule has 0 aromatic heterocycles. The highest BCUT2D eigenvalue weighted by atomic mass is 19.4. The second-order valence-electron chi connectivity index (χ2n) is 5.98. The van der Waals surface area contributed by atoms with Crippen LogP contribution in [-0.4, -0.2) is 54.2 Å². The molecule has 134 valence electrons. The zero-order valence-corrected chi connectivity index (χ0v) is 14.0. The Hall–Kier alpha value is -1.76. The molecule has 24 heavy (non-hydrogen) atoms. The van der Waals surface area contributed by atoms with Crippen molar-refractivity contribution in [2.75, 3.05) is 26.2 Å². The number of benzene rings is 1. The van der Waals surface area contributed by atoms with E-state index in [1.54, 1.807) is 6.07 Å². The van der Waals surface area contributed by atoms with Crippen molar-refractivity contribution in [2.45, 2.75) is 38.5 Å². The minimum absolute atomic E-state index is 0.0404. The smallest absolute Gasteiger partial charge is 0.322 e. The molecule has 2 rings (SSSR count). The highest BCUT2D eigenvalue weighted by Gasteiger charge is 2.43. The van der Waals surface area contributed by atoms with E-state index in [0.29, 0.717) is 26.1 Å². The number of halogens is 3. The summed E-state index contributed by atoms with van der Waals surface area (Å²) in [7, 11) is 0. The molecule has 4 nitrogen and oxygen atoms in total.